The fourth-order valence-electron chi connectivity index (χ4n) is 2.02. The highest BCUT2D eigenvalue weighted by atomic mass is 79.9. The maximum atomic E-state index is 5.40. The van der Waals surface area contributed by atoms with Crippen LogP contribution in [0.25, 0.3) is 0 Å². The van der Waals surface area contributed by atoms with E-state index >= 15 is 0 Å². The standard InChI is InChI=1S/C16H19BrN2O/c1-10(2)13-9-12(5-7-15(13)20-4)19-16-8-6-14(17)11(3)18-16/h5-10H,1-4H3,(H,18,19). The van der Waals surface area contributed by atoms with E-state index in [-0.39, 0.29) is 0 Å². The molecule has 1 heterocycles. The van der Waals surface area contributed by atoms with Crippen molar-refractivity contribution in [3.05, 3.63) is 46.1 Å². The van der Waals surface area contributed by atoms with Crippen LogP contribution in [-0.2, 0) is 0 Å². The molecule has 3 nitrogen and oxygen atoms in total. The number of methoxy groups -OCH3 is 1. The van der Waals surface area contributed by atoms with E-state index in [2.05, 4.69) is 46.1 Å². The lowest BCUT2D eigenvalue weighted by molar-refractivity contribution is 0.407. The summed E-state index contributed by atoms with van der Waals surface area (Å²) >= 11 is 3.46. The summed E-state index contributed by atoms with van der Waals surface area (Å²) in [5, 5.41) is 3.33. The Morgan fingerprint density at radius 2 is 1.95 bits per heavy atom. The maximum Gasteiger partial charge on any atom is 0.130 e. The van der Waals surface area contributed by atoms with Crippen LogP contribution in [0.2, 0.25) is 0 Å². The molecule has 0 aliphatic rings. The van der Waals surface area contributed by atoms with Gasteiger partial charge in [0, 0.05) is 10.2 Å². The van der Waals surface area contributed by atoms with Crippen LogP contribution in [0.5, 0.6) is 5.75 Å². The average Bonchev–Trinajstić information content (AvgIpc) is 2.43. The molecule has 0 spiro atoms. The number of aryl methyl sites for hydroxylation is 1. The summed E-state index contributed by atoms with van der Waals surface area (Å²) in [5.74, 6) is 2.17. The van der Waals surface area contributed by atoms with Crippen LogP contribution in [-0.4, -0.2) is 12.1 Å². The Labute approximate surface area is 128 Å². The van der Waals surface area contributed by atoms with Crippen LogP contribution >= 0.6 is 15.9 Å². The molecule has 0 amide bonds. The van der Waals surface area contributed by atoms with Gasteiger partial charge in [-0.3, -0.25) is 0 Å². The molecule has 0 aliphatic carbocycles. The van der Waals surface area contributed by atoms with Crippen molar-refractivity contribution in [1.29, 1.82) is 0 Å². The van der Waals surface area contributed by atoms with E-state index < -0.39 is 0 Å². The number of anilines is 2. The Hall–Kier alpha value is -1.55. The maximum absolute atomic E-state index is 5.40. The highest BCUT2D eigenvalue weighted by Crippen LogP contribution is 2.30. The van der Waals surface area contributed by atoms with Gasteiger partial charge in [0.05, 0.1) is 12.8 Å². The van der Waals surface area contributed by atoms with Gasteiger partial charge < -0.3 is 10.1 Å². The van der Waals surface area contributed by atoms with Crippen molar-refractivity contribution in [1.82, 2.24) is 4.98 Å². The summed E-state index contributed by atoms with van der Waals surface area (Å²) in [4.78, 5) is 4.50. The van der Waals surface area contributed by atoms with Crippen LogP contribution in [0.1, 0.15) is 31.0 Å². The molecular weight excluding hydrogens is 316 g/mol. The number of nitrogens with zero attached hydrogens (tertiary/aromatic N) is 1. The lowest BCUT2D eigenvalue weighted by atomic mass is 10.0. The molecule has 1 N–H and O–H groups in total. The molecule has 1 aromatic heterocycles. The summed E-state index contributed by atoms with van der Waals surface area (Å²) in [6.07, 6.45) is 0. The molecule has 0 saturated heterocycles. The Kier molecular flexibility index (Phi) is 4.65. The second-order valence-electron chi connectivity index (χ2n) is 5.00. The molecule has 0 radical (unpaired) electrons. The minimum atomic E-state index is 0.409. The highest BCUT2D eigenvalue weighted by molar-refractivity contribution is 9.10. The molecule has 2 rings (SSSR count). The molecule has 0 unspecified atom stereocenters. The van der Waals surface area contributed by atoms with Crippen molar-refractivity contribution in [3.63, 3.8) is 0 Å². The largest absolute Gasteiger partial charge is 0.496 e. The van der Waals surface area contributed by atoms with E-state index in [9.17, 15) is 0 Å². The number of hydrogen-bond donors (Lipinski definition) is 1. The number of nitrogens with one attached hydrogen (secondary N) is 1. The van der Waals surface area contributed by atoms with E-state index in [1.54, 1.807) is 7.11 Å². The fraction of sp³-hybridized carbons (Fsp3) is 0.312. The van der Waals surface area contributed by atoms with Crippen LogP contribution in [0.3, 0.4) is 0 Å². The van der Waals surface area contributed by atoms with Gasteiger partial charge in [0.15, 0.2) is 0 Å². The third kappa shape index (κ3) is 3.31. The molecule has 0 saturated carbocycles. The third-order valence-corrected chi connectivity index (χ3v) is 3.98. The van der Waals surface area contributed by atoms with Crippen molar-refractivity contribution in [2.24, 2.45) is 0 Å². The number of pyridine rings is 1. The van der Waals surface area contributed by atoms with Gasteiger partial charge in [0.25, 0.3) is 0 Å². The second-order valence-corrected chi connectivity index (χ2v) is 5.85. The first kappa shape index (κ1) is 14.9. The SMILES string of the molecule is COc1ccc(Nc2ccc(Br)c(C)n2)cc1C(C)C. The van der Waals surface area contributed by atoms with Crippen LogP contribution in [0.15, 0.2) is 34.8 Å². The van der Waals surface area contributed by atoms with Crippen molar-refractivity contribution in [3.8, 4) is 5.75 Å². The number of benzene rings is 1. The van der Waals surface area contributed by atoms with Crippen LogP contribution in [0, 0.1) is 6.92 Å². The first-order chi connectivity index (χ1) is 9.51. The lowest BCUT2D eigenvalue weighted by Gasteiger charge is -2.14. The molecule has 20 heavy (non-hydrogen) atoms. The van der Waals surface area contributed by atoms with E-state index in [4.69, 9.17) is 4.74 Å². The lowest BCUT2D eigenvalue weighted by Crippen LogP contribution is -1.99. The molecule has 2 aromatic rings. The summed E-state index contributed by atoms with van der Waals surface area (Å²) in [6, 6.07) is 10.1. The van der Waals surface area contributed by atoms with Gasteiger partial charge in [0.2, 0.25) is 0 Å². The van der Waals surface area contributed by atoms with Gasteiger partial charge in [-0.1, -0.05) is 13.8 Å². The van der Waals surface area contributed by atoms with E-state index in [0.29, 0.717) is 5.92 Å². The van der Waals surface area contributed by atoms with E-state index in [0.717, 1.165) is 27.4 Å². The van der Waals surface area contributed by atoms with Crippen molar-refractivity contribution in [2.75, 3.05) is 12.4 Å². The molecule has 4 heteroatoms. The zero-order valence-corrected chi connectivity index (χ0v) is 13.8. The number of hydrogen-bond acceptors (Lipinski definition) is 3. The fourth-order valence-corrected chi connectivity index (χ4v) is 2.25. The zero-order chi connectivity index (χ0) is 14.7. The Bertz CT molecular complexity index is 611. The first-order valence-corrected chi connectivity index (χ1v) is 7.38. The molecule has 0 atom stereocenters. The van der Waals surface area contributed by atoms with Gasteiger partial charge in [0.1, 0.15) is 11.6 Å². The normalized spacial score (nSPS) is 10.7. The minimum Gasteiger partial charge on any atom is -0.496 e. The van der Waals surface area contributed by atoms with Crippen LogP contribution < -0.4 is 10.1 Å². The monoisotopic (exact) mass is 334 g/mol. The van der Waals surface area contributed by atoms with Gasteiger partial charge >= 0.3 is 0 Å². The molecular formula is C16H19BrN2O. The van der Waals surface area contributed by atoms with E-state index in [1.165, 1.54) is 5.56 Å². The Morgan fingerprint density at radius 3 is 2.55 bits per heavy atom. The third-order valence-electron chi connectivity index (χ3n) is 3.15. The predicted molar refractivity (Wildman–Crippen MR) is 87.0 cm³/mol. The highest BCUT2D eigenvalue weighted by Gasteiger charge is 2.09. The van der Waals surface area contributed by atoms with Gasteiger partial charge in [-0.25, -0.2) is 4.98 Å². The molecule has 0 fully saturated rings. The van der Waals surface area contributed by atoms with Gasteiger partial charge in [-0.15, -0.1) is 0 Å². The molecule has 0 bridgehead atoms. The summed E-state index contributed by atoms with van der Waals surface area (Å²) < 4.78 is 6.41. The quantitative estimate of drug-likeness (QED) is 0.851. The molecule has 106 valence electrons. The van der Waals surface area contributed by atoms with Crippen LogP contribution in [0.4, 0.5) is 11.5 Å². The Balaban J connectivity index is 2.29. The van der Waals surface area contributed by atoms with E-state index in [1.807, 2.05) is 31.2 Å². The number of ether oxygens (including phenoxy) is 1. The van der Waals surface area contributed by atoms with Gasteiger partial charge in [-0.05, 0) is 64.7 Å². The average molecular weight is 335 g/mol. The number of halogens is 1. The predicted octanol–water partition coefficient (Wildman–Crippen LogP) is 5.03. The van der Waals surface area contributed by atoms with Crippen molar-refractivity contribution < 1.29 is 4.74 Å². The summed E-state index contributed by atoms with van der Waals surface area (Å²) in [7, 11) is 1.70. The van der Waals surface area contributed by atoms with Crippen molar-refractivity contribution >= 4 is 27.4 Å². The minimum absolute atomic E-state index is 0.409. The number of aromatic nitrogens is 1. The van der Waals surface area contributed by atoms with Gasteiger partial charge in [-0.2, -0.15) is 0 Å². The summed E-state index contributed by atoms with van der Waals surface area (Å²) in [5.41, 5.74) is 3.17. The smallest absolute Gasteiger partial charge is 0.130 e. The number of rotatable bonds is 4. The Morgan fingerprint density at radius 1 is 1.20 bits per heavy atom. The van der Waals surface area contributed by atoms with Crippen molar-refractivity contribution in [2.45, 2.75) is 26.7 Å². The second kappa shape index (κ2) is 6.27. The molecule has 0 aliphatic heterocycles. The first-order valence-electron chi connectivity index (χ1n) is 6.59. The zero-order valence-electron chi connectivity index (χ0n) is 12.2. The molecule has 1 aromatic carbocycles. The topological polar surface area (TPSA) is 34.1 Å². The summed E-state index contributed by atoms with van der Waals surface area (Å²) in [6.45, 7) is 6.29.